The van der Waals surface area contributed by atoms with Crippen LogP contribution in [-0.2, 0) is 16.6 Å². The van der Waals surface area contributed by atoms with Crippen molar-refractivity contribution in [2.24, 2.45) is 4.40 Å². The molecule has 1 unspecified atom stereocenters. The fourth-order valence-corrected chi connectivity index (χ4v) is 5.56. The number of hydrogen-bond acceptors (Lipinski definition) is 6. The van der Waals surface area contributed by atoms with Gasteiger partial charge in [-0.15, -0.1) is 4.40 Å². The van der Waals surface area contributed by atoms with E-state index >= 15 is 0 Å². The maximum atomic E-state index is 13.1. The molecule has 2 aliphatic heterocycles. The summed E-state index contributed by atoms with van der Waals surface area (Å²) in [5, 5.41) is 10.0. The number of benzene rings is 2. The molecule has 1 fully saturated rings. The lowest BCUT2D eigenvalue weighted by Crippen LogP contribution is -2.36. The predicted molar refractivity (Wildman–Crippen MR) is 112 cm³/mol. The Hall–Kier alpha value is -3.04. The fourth-order valence-electron chi connectivity index (χ4n) is 4.34. The van der Waals surface area contributed by atoms with Gasteiger partial charge in [0.25, 0.3) is 15.6 Å². The van der Waals surface area contributed by atoms with Crippen molar-refractivity contribution in [1.82, 2.24) is 14.5 Å². The summed E-state index contributed by atoms with van der Waals surface area (Å²) in [5.41, 5.74) is 0.944. The normalized spacial score (nSPS) is 19.8. The molecule has 5 rings (SSSR count). The number of hydrogen-bond donors (Lipinski definition) is 1. The molecule has 0 radical (unpaired) electrons. The molecule has 1 N–H and O–H groups in total. The lowest BCUT2D eigenvalue weighted by atomic mass is 10.1. The highest BCUT2D eigenvalue weighted by Gasteiger charge is 2.38. The topological polar surface area (TPSA) is 105 Å². The van der Waals surface area contributed by atoms with E-state index in [0.29, 0.717) is 41.1 Å². The first-order chi connectivity index (χ1) is 14.5. The summed E-state index contributed by atoms with van der Waals surface area (Å²) >= 11 is 0. The maximum absolute atomic E-state index is 13.1. The van der Waals surface area contributed by atoms with E-state index in [1.54, 1.807) is 42.5 Å². The van der Waals surface area contributed by atoms with Gasteiger partial charge in [-0.2, -0.15) is 8.42 Å². The molecule has 0 spiro atoms. The fraction of sp³-hybridized carbons (Fsp3) is 0.286. The van der Waals surface area contributed by atoms with Gasteiger partial charge in [-0.1, -0.05) is 24.3 Å². The summed E-state index contributed by atoms with van der Waals surface area (Å²) in [6.45, 7) is 0.532. The maximum Gasteiger partial charge on any atom is 0.285 e. The number of rotatable bonds is 3. The van der Waals surface area contributed by atoms with E-state index in [1.807, 2.05) is 11.0 Å². The summed E-state index contributed by atoms with van der Waals surface area (Å²) in [4.78, 5) is 20.0. The zero-order chi connectivity index (χ0) is 20.9. The summed E-state index contributed by atoms with van der Waals surface area (Å²) in [5.74, 6) is 0.917. The van der Waals surface area contributed by atoms with Crippen LogP contribution in [0.4, 0.5) is 0 Å². The first-order valence-electron chi connectivity index (χ1n) is 9.82. The minimum Gasteiger partial charge on any atom is -0.395 e. The van der Waals surface area contributed by atoms with Crippen LogP contribution in [0.25, 0.3) is 10.9 Å². The number of amidine groups is 1. The van der Waals surface area contributed by atoms with E-state index in [4.69, 9.17) is 4.98 Å². The molecule has 2 aliphatic rings. The van der Waals surface area contributed by atoms with Crippen LogP contribution < -0.4 is 5.56 Å². The first-order valence-corrected chi connectivity index (χ1v) is 11.3. The van der Waals surface area contributed by atoms with Crippen LogP contribution in [0.15, 0.2) is 62.6 Å². The Kier molecular flexibility index (Phi) is 4.44. The molecule has 0 aliphatic carbocycles. The van der Waals surface area contributed by atoms with Gasteiger partial charge in [0.2, 0.25) is 0 Å². The average Bonchev–Trinajstić information content (AvgIpc) is 3.33. The van der Waals surface area contributed by atoms with Crippen LogP contribution in [0.2, 0.25) is 0 Å². The Labute approximate surface area is 173 Å². The van der Waals surface area contributed by atoms with Gasteiger partial charge in [-0.05, 0) is 37.1 Å². The number of aliphatic hydroxyl groups excluding tert-OH is 1. The number of aliphatic hydroxyl groups is 1. The zero-order valence-electron chi connectivity index (χ0n) is 16.1. The van der Waals surface area contributed by atoms with Crippen LogP contribution in [0.5, 0.6) is 0 Å². The molecule has 1 atom stereocenters. The molecular formula is C21H20N4O4S. The van der Waals surface area contributed by atoms with Crippen LogP contribution in [-0.4, -0.2) is 47.0 Å². The van der Waals surface area contributed by atoms with Gasteiger partial charge in [0.15, 0.2) is 5.84 Å². The van der Waals surface area contributed by atoms with E-state index in [2.05, 4.69) is 4.40 Å². The van der Waals surface area contributed by atoms with Crippen LogP contribution >= 0.6 is 0 Å². The molecule has 3 aromatic rings. The van der Waals surface area contributed by atoms with Crippen LogP contribution in [0, 0.1) is 0 Å². The van der Waals surface area contributed by atoms with Gasteiger partial charge < -0.3 is 10.0 Å². The molecule has 0 amide bonds. The second-order valence-electron chi connectivity index (χ2n) is 7.41. The zero-order valence-corrected chi connectivity index (χ0v) is 16.9. The van der Waals surface area contributed by atoms with Crippen LogP contribution in [0.3, 0.4) is 0 Å². The molecule has 3 heterocycles. The molecule has 9 heteroatoms. The van der Waals surface area contributed by atoms with Crippen LogP contribution in [0.1, 0.15) is 30.3 Å². The van der Waals surface area contributed by atoms with E-state index in [1.165, 1.54) is 4.57 Å². The van der Waals surface area contributed by atoms with Crippen molar-refractivity contribution in [2.75, 3.05) is 13.2 Å². The second-order valence-corrected chi connectivity index (χ2v) is 8.98. The van der Waals surface area contributed by atoms with Crippen molar-refractivity contribution in [3.8, 4) is 0 Å². The quantitative estimate of drug-likeness (QED) is 0.686. The van der Waals surface area contributed by atoms with Gasteiger partial charge in [-0.3, -0.25) is 9.36 Å². The predicted octanol–water partition coefficient (Wildman–Crippen LogP) is 1.67. The minimum absolute atomic E-state index is 0.123. The van der Waals surface area contributed by atoms with E-state index in [0.717, 1.165) is 6.42 Å². The van der Waals surface area contributed by atoms with Crippen molar-refractivity contribution in [3.05, 3.63) is 70.3 Å². The SMILES string of the molecule is O=c1c2ccccc2nc(C2CCCN2C2=NS(=O)(=O)c3ccccc32)n1CCO. The van der Waals surface area contributed by atoms with Crippen molar-refractivity contribution < 1.29 is 13.5 Å². The number of aromatic nitrogens is 2. The molecular weight excluding hydrogens is 404 g/mol. The first kappa shape index (κ1) is 19.0. The Bertz CT molecular complexity index is 1350. The third-order valence-electron chi connectivity index (χ3n) is 5.65. The van der Waals surface area contributed by atoms with Crippen molar-refractivity contribution in [3.63, 3.8) is 0 Å². The molecule has 0 saturated carbocycles. The molecule has 1 saturated heterocycles. The molecule has 1 aromatic heterocycles. The number of nitrogens with zero attached hydrogens (tertiary/aromatic N) is 4. The average molecular weight is 424 g/mol. The molecule has 0 bridgehead atoms. The summed E-state index contributed by atoms with van der Waals surface area (Å²) in [6, 6.07) is 13.6. The van der Waals surface area contributed by atoms with Gasteiger partial charge in [0, 0.05) is 12.1 Å². The van der Waals surface area contributed by atoms with Gasteiger partial charge in [0.05, 0.1) is 30.1 Å². The summed E-state index contributed by atoms with van der Waals surface area (Å²) < 4.78 is 30.6. The number of sulfonamides is 1. The number of para-hydroxylation sites is 1. The Morgan fingerprint density at radius 1 is 1.10 bits per heavy atom. The third-order valence-corrected chi connectivity index (χ3v) is 6.98. The van der Waals surface area contributed by atoms with E-state index in [9.17, 15) is 18.3 Å². The van der Waals surface area contributed by atoms with Crippen molar-refractivity contribution in [2.45, 2.75) is 30.3 Å². The highest BCUT2D eigenvalue weighted by molar-refractivity contribution is 7.90. The Morgan fingerprint density at radius 3 is 2.70 bits per heavy atom. The number of likely N-dealkylation sites (tertiary alicyclic amines) is 1. The molecule has 154 valence electrons. The third kappa shape index (κ3) is 2.85. The highest BCUT2D eigenvalue weighted by atomic mass is 32.2. The number of fused-ring (bicyclic) bond motifs is 2. The minimum atomic E-state index is -3.74. The lowest BCUT2D eigenvalue weighted by molar-refractivity contribution is 0.265. The Balaban J connectivity index is 1.68. The summed E-state index contributed by atoms with van der Waals surface area (Å²) in [7, 11) is -3.74. The molecule has 8 nitrogen and oxygen atoms in total. The van der Waals surface area contributed by atoms with Gasteiger partial charge in [-0.25, -0.2) is 4.98 Å². The molecule has 2 aromatic carbocycles. The highest BCUT2D eigenvalue weighted by Crippen LogP contribution is 2.37. The van der Waals surface area contributed by atoms with Crippen molar-refractivity contribution >= 4 is 26.8 Å². The smallest absolute Gasteiger partial charge is 0.285 e. The molecule has 30 heavy (non-hydrogen) atoms. The lowest BCUT2D eigenvalue weighted by Gasteiger charge is -2.28. The van der Waals surface area contributed by atoms with Gasteiger partial charge >= 0.3 is 0 Å². The Morgan fingerprint density at radius 2 is 1.87 bits per heavy atom. The van der Waals surface area contributed by atoms with Crippen molar-refractivity contribution in [1.29, 1.82) is 0 Å². The standard InChI is InChI=1S/C21H20N4O4S/c26-13-12-25-20(22-16-8-3-1-6-14(16)21(25)27)17-9-5-11-24(17)19-15-7-2-4-10-18(15)30(28,29)23-19/h1-4,6-8,10,17,26H,5,9,11-13H2. The monoisotopic (exact) mass is 424 g/mol. The second kappa shape index (κ2) is 7.03. The van der Waals surface area contributed by atoms with E-state index < -0.39 is 10.0 Å². The summed E-state index contributed by atoms with van der Waals surface area (Å²) in [6.07, 6.45) is 1.52. The van der Waals surface area contributed by atoms with Gasteiger partial charge in [0.1, 0.15) is 10.7 Å². The largest absolute Gasteiger partial charge is 0.395 e. The van der Waals surface area contributed by atoms with E-state index in [-0.39, 0.29) is 29.6 Å².